The van der Waals surface area contributed by atoms with Crippen molar-refractivity contribution in [1.82, 2.24) is 0 Å². The lowest BCUT2D eigenvalue weighted by Gasteiger charge is -2.05. The van der Waals surface area contributed by atoms with Crippen LogP contribution < -0.4 is 11.5 Å². The Morgan fingerprint density at radius 2 is 1.29 bits per heavy atom. The third-order valence-electron chi connectivity index (χ3n) is 1.64. The molecule has 0 atom stereocenters. The summed E-state index contributed by atoms with van der Waals surface area (Å²) in [5.41, 5.74) is 10.6. The predicted octanol–water partition coefficient (Wildman–Crippen LogP) is 0.617. The minimum atomic E-state index is -0.598. The summed E-state index contributed by atoms with van der Waals surface area (Å²) in [5.74, 6) is 0. The fraction of sp³-hybridized carbons (Fsp3) is 0.889. The van der Waals surface area contributed by atoms with Crippen LogP contribution in [0.3, 0.4) is 0 Å². The summed E-state index contributed by atoms with van der Waals surface area (Å²) < 4.78 is 9.55. The average Bonchev–Trinajstić information content (AvgIpc) is 2.19. The van der Waals surface area contributed by atoms with Crippen LogP contribution >= 0.6 is 0 Å². The molecule has 0 aromatic heterocycles. The molecule has 0 rings (SSSR count). The van der Waals surface area contributed by atoms with Crippen LogP contribution in [0.15, 0.2) is 0 Å². The van der Waals surface area contributed by atoms with Crippen molar-refractivity contribution >= 4 is 6.16 Å². The zero-order valence-electron chi connectivity index (χ0n) is 8.54. The van der Waals surface area contributed by atoms with E-state index >= 15 is 0 Å². The largest absolute Gasteiger partial charge is 0.508 e. The van der Waals surface area contributed by atoms with Gasteiger partial charge in [-0.25, -0.2) is 4.79 Å². The quantitative estimate of drug-likeness (QED) is 0.447. The van der Waals surface area contributed by atoms with Crippen molar-refractivity contribution in [1.29, 1.82) is 0 Å². The maximum Gasteiger partial charge on any atom is 0.508 e. The Kier molecular flexibility index (Phi) is 9.68. The van der Waals surface area contributed by atoms with E-state index in [0.29, 0.717) is 26.3 Å². The van der Waals surface area contributed by atoms with E-state index in [1.807, 2.05) is 0 Å². The van der Waals surface area contributed by atoms with Crippen molar-refractivity contribution in [2.45, 2.75) is 25.7 Å². The van der Waals surface area contributed by atoms with Crippen molar-refractivity contribution in [3.05, 3.63) is 0 Å². The fourth-order valence-corrected chi connectivity index (χ4v) is 0.845. The zero-order valence-corrected chi connectivity index (χ0v) is 8.54. The van der Waals surface area contributed by atoms with Crippen LogP contribution in [0.2, 0.25) is 0 Å². The monoisotopic (exact) mass is 204 g/mol. The Bertz CT molecular complexity index is 128. The van der Waals surface area contributed by atoms with Crippen molar-refractivity contribution in [2.75, 3.05) is 26.3 Å². The van der Waals surface area contributed by atoms with Gasteiger partial charge >= 0.3 is 6.16 Å². The van der Waals surface area contributed by atoms with Gasteiger partial charge in [-0.3, -0.25) is 0 Å². The van der Waals surface area contributed by atoms with E-state index in [1.54, 1.807) is 0 Å². The zero-order chi connectivity index (χ0) is 10.6. The molecule has 5 heteroatoms. The fourth-order valence-electron chi connectivity index (χ4n) is 0.845. The Morgan fingerprint density at radius 1 is 0.857 bits per heavy atom. The van der Waals surface area contributed by atoms with Gasteiger partial charge in [0.2, 0.25) is 0 Å². The van der Waals surface area contributed by atoms with Gasteiger partial charge in [0.1, 0.15) is 0 Å². The van der Waals surface area contributed by atoms with Gasteiger partial charge in [0.15, 0.2) is 0 Å². The van der Waals surface area contributed by atoms with Crippen LogP contribution in [0.1, 0.15) is 25.7 Å². The van der Waals surface area contributed by atoms with Crippen molar-refractivity contribution in [2.24, 2.45) is 11.5 Å². The summed E-state index contributed by atoms with van der Waals surface area (Å²) in [5, 5.41) is 0. The number of unbranched alkanes of at least 4 members (excludes halogenated alkanes) is 2. The van der Waals surface area contributed by atoms with Gasteiger partial charge in [0, 0.05) is 0 Å². The second kappa shape index (κ2) is 10.3. The number of hydrogen-bond acceptors (Lipinski definition) is 5. The minimum Gasteiger partial charge on any atom is -0.434 e. The first-order valence-corrected chi connectivity index (χ1v) is 5.01. The molecule has 0 bridgehead atoms. The van der Waals surface area contributed by atoms with E-state index in [9.17, 15) is 4.79 Å². The molecule has 0 aliphatic carbocycles. The van der Waals surface area contributed by atoms with Crippen LogP contribution in [-0.4, -0.2) is 32.5 Å². The molecule has 0 aliphatic heterocycles. The highest BCUT2D eigenvalue weighted by Crippen LogP contribution is 1.93. The second-order valence-electron chi connectivity index (χ2n) is 2.94. The lowest BCUT2D eigenvalue weighted by atomic mass is 10.3. The number of carbonyl (C=O) groups is 1. The lowest BCUT2D eigenvalue weighted by molar-refractivity contribution is 0.0533. The number of nitrogens with two attached hydrogens (primary N) is 2. The molecule has 0 aromatic rings. The van der Waals surface area contributed by atoms with E-state index in [0.717, 1.165) is 25.7 Å². The number of rotatable bonds is 8. The molecule has 0 heterocycles. The molecule has 0 aromatic carbocycles. The number of carbonyl (C=O) groups excluding carboxylic acids is 1. The summed E-state index contributed by atoms with van der Waals surface area (Å²) in [6.07, 6.45) is 2.70. The maximum absolute atomic E-state index is 10.9. The predicted molar refractivity (Wildman–Crippen MR) is 53.9 cm³/mol. The molecule has 0 amide bonds. The molecule has 14 heavy (non-hydrogen) atoms. The summed E-state index contributed by atoms with van der Waals surface area (Å²) >= 11 is 0. The number of ether oxygens (including phenoxy) is 2. The van der Waals surface area contributed by atoms with Gasteiger partial charge in [0.05, 0.1) is 13.2 Å². The lowest BCUT2D eigenvalue weighted by Crippen LogP contribution is -2.11. The Hall–Kier alpha value is -0.810. The van der Waals surface area contributed by atoms with Crippen LogP contribution in [0, 0.1) is 0 Å². The third kappa shape index (κ3) is 9.28. The molecule has 4 N–H and O–H groups in total. The van der Waals surface area contributed by atoms with Crippen LogP contribution in [0.25, 0.3) is 0 Å². The van der Waals surface area contributed by atoms with Crippen LogP contribution in [0.5, 0.6) is 0 Å². The Balaban J connectivity index is 3.11. The van der Waals surface area contributed by atoms with E-state index in [2.05, 4.69) is 0 Å². The highest BCUT2D eigenvalue weighted by molar-refractivity contribution is 5.59. The van der Waals surface area contributed by atoms with Crippen molar-refractivity contribution in [3.8, 4) is 0 Å². The van der Waals surface area contributed by atoms with Crippen LogP contribution in [0.4, 0.5) is 4.79 Å². The van der Waals surface area contributed by atoms with Gasteiger partial charge in [-0.2, -0.15) is 0 Å². The molecular weight excluding hydrogens is 184 g/mol. The van der Waals surface area contributed by atoms with E-state index in [-0.39, 0.29) is 0 Å². The average molecular weight is 204 g/mol. The van der Waals surface area contributed by atoms with Crippen molar-refractivity contribution < 1.29 is 14.3 Å². The molecule has 0 aliphatic rings. The van der Waals surface area contributed by atoms with E-state index in [1.165, 1.54) is 0 Å². The summed E-state index contributed by atoms with van der Waals surface area (Å²) in [4.78, 5) is 10.9. The normalized spacial score (nSPS) is 9.86. The summed E-state index contributed by atoms with van der Waals surface area (Å²) in [7, 11) is 0. The first-order chi connectivity index (χ1) is 6.81. The first-order valence-electron chi connectivity index (χ1n) is 5.01. The first kappa shape index (κ1) is 13.2. The SMILES string of the molecule is NCCCCOC(=O)OCCCCN. The molecule has 5 nitrogen and oxygen atoms in total. The van der Waals surface area contributed by atoms with Gasteiger partial charge in [-0.1, -0.05) is 0 Å². The smallest absolute Gasteiger partial charge is 0.434 e. The molecule has 0 radical (unpaired) electrons. The van der Waals surface area contributed by atoms with Gasteiger partial charge in [-0.05, 0) is 38.8 Å². The maximum atomic E-state index is 10.9. The third-order valence-corrected chi connectivity index (χ3v) is 1.64. The van der Waals surface area contributed by atoms with Crippen molar-refractivity contribution in [3.63, 3.8) is 0 Å². The van der Waals surface area contributed by atoms with Gasteiger partial charge in [0.25, 0.3) is 0 Å². The Morgan fingerprint density at radius 3 is 1.64 bits per heavy atom. The molecule has 0 saturated carbocycles. The van der Waals surface area contributed by atoms with E-state index in [4.69, 9.17) is 20.9 Å². The summed E-state index contributed by atoms with van der Waals surface area (Å²) in [6.45, 7) is 2.00. The van der Waals surface area contributed by atoms with Crippen LogP contribution in [-0.2, 0) is 9.47 Å². The molecular formula is C9H20N2O3. The topological polar surface area (TPSA) is 87.6 Å². The van der Waals surface area contributed by atoms with E-state index < -0.39 is 6.16 Å². The molecule has 0 fully saturated rings. The molecule has 0 spiro atoms. The van der Waals surface area contributed by atoms with Gasteiger partial charge < -0.3 is 20.9 Å². The highest BCUT2D eigenvalue weighted by atomic mass is 16.7. The second-order valence-corrected chi connectivity index (χ2v) is 2.94. The number of hydrogen-bond donors (Lipinski definition) is 2. The minimum absolute atomic E-state index is 0.382. The standard InChI is InChI=1S/C9H20N2O3/c10-5-1-3-7-13-9(12)14-8-4-2-6-11/h1-8,10-11H2. The Labute approximate surface area is 84.7 Å². The highest BCUT2D eigenvalue weighted by Gasteiger charge is 2.01. The molecule has 0 unspecified atom stereocenters. The molecule has 0 saturated heterocycles. The summed E-state index contributed by atoms with van der Waals surface area (Å²) in [6, 6.07) is 0. The van der Waals surface area contributed by atoms with Gasteiger partial charge in [-0.15, -0.1) is 0 Å². The molecule has 84 valence electrons.